The average molecular weight is 362 g/mol. The van der Waals surface area contributed by atoms with Crippen molar-refractivity contribution < 1.29 is 28.4 Å². The highest BCUT2D eigenvalue weighted by atomic mass is 16.5. The largest absolute Gasteiger partial charge is 0.469 e. The third-order valence-electron chi connectivity index (χ3n) is 4.21. The summed E-state index contributed by atoms with van der Waals surface area (Å²) < 4.78 is 16.5. The Morgan fingerprint density at radius 1 is 1.19 bits per heavy atom. The molecule has 0 bridgehead atoms. The maximum absolute atomic E-state index is 12.4. The number of carbonyl (C=O) groups is 3. The van der Waals surface area contributed by atoms with Crippen LogP contribution in [0.2, 0.25) is 0 Å². The molecule has 0 saturated carbocycles. The van der Waals surface area contributed by atoms with Crippen molar-refractivity contribution in [2.75, 3.05) is 13.7 Å². The summed E-state index contributed by atoms with van der Waals surface area (Å²) in [6.07, 6.45) is 0.210. The lowest BCUT2D eigenvalue weighted by atomic mass is 10.1. The van der Waals surface area contributed by atoms with Gasteiger partial charge in [0.1, 0.15) is 11.3 Å². The minimum absolute atomic E-state index is 0.210. The van der Waals surface area contributed by atoms with Crippen LogP contribution in [0.5, 0.6) is 0 Å². The number of methoxy groups -OCH3 is 1. The first kappa shape index (κ1) is 19.4. The van der Waals surface area contributed by atoms with Gasteiger partial charge >= 0.3 is 11.9 Å². The molecule has 140 valence electrons. The number of aryl methyl sites for hydroxylation is 3. The first-order chi connectivity index (χ1) is 12.3. The first-order valence-electron chi connectivity index (χ1n) is 8.13. The molecule has 2 heterocycles. The molecular formula is C18H22N2O6. The van der Waals surface area contributed by atoms with Crippen LogP contribution < -0.4 is 0 Å². The van der Waals surface area contributed by atoms with Crippen LogP contribution in [0, 0.1) is 27.7 Å². The second kappa shape index (κ2) is 7.99. The minimum Gasteiger partial charge on any atom is -0.469 e. The van der Waals surface area contributed by atoms with Crippen LogP contribution in [0.15, 0.2) is 10.6 Å². The fourth-order valence-corrected chi connectivity index (χ4v) is 2.79. The Labute approximate surface area is 151 Å². The number of esters is 2. The summed E-state index contributed by atoms with van der Waals surface area (Å²) >= 11 is 0. The number of Topliss-reactive ketones (excluding diaryl/α,β-unsaturated/α-hetero) is 1. The van der Waals surface area contributed by atoms with E-state index in [2.05, 4.69) is 9.89 Å². The number of ether oxygens (including phenoxy) is 2. The molecule has 0 saturated heterocycles. The molecule has 0 aromatic carbocycles. The fourth-order valence-electron chi connectivity index (χ4n) is 2.79. The first-order valence-corrected chi connectivity index (χ1v) is 8.13. The Morgan fingerprint density at radius 2 is 1.88 bits per heavy atom. The molecule has 0 fully saturated rings. The van der Waals surface area contributed by atoms with Gasteiger partial charge in [-0.3, -0.25) is 9.59 Å². The van der Waals surface area contributed by atoms with Crippen LogP contribution in [0.3, 0.4) is 0 Å². The predicted octanol–water partition coefficient (Wildman–Crippen LogP) is 2.31. The number of nitrogens with zero attached hydrogens (tertiary/aromatic N) is 2. The van der Waals surface area contributed by atoms with Crippen molar-refractivity contribution in [1.29, 1.82) is 0 Å². The van der Waals surface area contributed by atoms with Crippen LogP contribution in [-0.4, -0.2) is 41.2 Å². The molecule has 8 heteroatoms. The van der Waals surface area contributed by atoms with E-state index in [0.29, 0.717) is 29.3 Å². The Kier molecular flexibility index (Phi) is 5.97. The summed E-state index contributed by atoms with van der Waals surface area (Å²) in [5, 5.41) is 3.69. The number of ketones is 1. The van der Waals surface area contributed by atoms with Crippen molar-refractivity contribution in [3.63, 3.8) is 0 Å². The van der Waals surface area contributed by atoms with Crippen molar-refractivity contribution >= 4 is 17.7 Å². The van der Waals surface area contributed by atoms with E-state index in [9.17, 15) is 14.4 Å². The van der Waals surface area contributed by atoms with E-state index in [1.807, 2.05) is 11.5 Å². The average Bonchev–Trinajstić information content (AvgIpc) is 3.09. The molecule has 0 aliphatic rings. The van der Waals surface area contributed by atoms with E-state index < -0.39 is 5.97 Å². The Morgan fingerprint density at radius 3 is 2.46 bits per heavy atom. The van der Waals surface area contributed by atoms with Gasteiger partial charge in [0, 0.05) is 23.5 Å². The molecule has 2 rings (SSSR count). The monoisotopic (exact) mass is 362 g/mol. The van der Waals surface area contributed by atoms with Crippen molar-refractivity contribution in [2.45, 2.75) is 40.7 Å². The number of hydrogen-bond donors (Lipinski definition) is 0. The zero-order valence-electron chi connectivity index (χ0n) is 15.5. The third-order valence-corrected chi connectivity index (χ3v) is 4.21. The molecule has 2 aromatic heterocycles. The highest BCUT2D eigenvalue weighted by molar-refractivity contribution is 6.00. The second-order valence-corrected chi connectivity index (χ2v) is 5.96. The Bertz CT molecular complexity index is 827. The van der Waals surface area contributed by atoms with Crippen molar-refractivity contribution in [3.05, 3.63) is 40.0 Å². The standard InChI is InChI=1S/C18H22N2O6/c1-10-8-14(12(3)20(10)7-6-16(22)24-5)15(21)9-25-18(23)17-11(2)19-26-13(17)4/h8H,6-7,9H2,1-5H3. The fraction of sp³-hybridized carbons (Fsp3) is 0.444. The number of carbonyl (C=O) groups excluding carboxylic acids is 3. The molecular weight excluding hydrogens is 340 g/mol. The molecule has 0 N–H and O–H groups in total. The number of aromatic nitrogens is 2. The van der Waals surface area contributed by atoms with Crippen LogP contribution in [0.4, 0.5) is 0 Å². The van der Waals surface area contributed by atoms with Gasteiger partial charge in [-0.15, -0.1) is 0 Å². The summed E-state index contributed by atoms with van der Waals surface area (Å²) in [6.45, 7) is 6.89. The van der Waals surface area contributed by atoms with Crippen molar-refractivity contribution in [1.82, 2.24) is 9.72 Å². The Hall–Kier alpha value is -2.90. The van der Waals surface area contributed by atoms with E-state index in [-0.39, 0.29) is 30.3 Å². The molecule has 0 unspecified atom stereocenters. The van der Waals surface area contributed by atoms with Crippen LogP contribution >= 0.6 is 0 Å². The van der Waals surface area contributed by atoms with Gasteiger partial charge in [0.2, 0.25) is 5.78 Å². The van der Waals surface area contributed by atoms with Gasteiger partial charge in [0.15, 0.2) is 6.61 Å². The lowest BCUT2D eigenvalue weighted by molar-refractivity contribution is -0.140. The molecule has 2 aromatic rings. The molecule has 0 radical (unpaired) electrons. The highest BCUT2D eigenvalue weighted by Crippen LogP contribution is 2.18. The smallest absolute Gasteiger partial charge is 0.344 e. The van der Waals surface area contributed by atoms with Gasteiger partial charge in [-0.25, -0.2) is 4.79 Å². The zero-order chi connectivity index (χ0) is 19.4. The van der Waals surface area contributed by atoms with E-state index in [4.69, 9.17) is 9.26 Å². The SMILES string of the molecule is COC(=O)CCn1c(C)cc(C(=O)COC(=O)c2c(C)noc2C)c1C. The summed E-state index contributed by atoms with van der Waals surface area (Å²) in [4.78, 5) is 35.9. The van der Waals surface area contributed by atoms with E-state index >= 15 is 0 Å². The van der Waals surface area contributed by atoms with Gasteiger partial charge in [0.25, 0.3) is 0 Å². The van der Waals surface area contributed by atoms with Crippen LogP contribution in [0.1, 0.15) is 50.0 Å². The highest BCUT2D eigenvalue weighted by Gasteiger charge is 2.22. The quantitative estimate of drug-likeness (QED) is 0.550. The second-order valence-electron chi connectivity index (χ2n) is 5.96. The van der Waals surface area contributed by atoms with Crippen LogP contribution in [-0.2, 0) is 20.8 Å². The van der Waals surface area contributed by atoms with E-state index in [1.54, 1.807) is 26.8 Å². The number of hydrogen-bond acceptors (Lipinski definition) is 7. The van der Waals surface area contributed by atoms with Crippen molar-refractivity contribution in [3.8, 4) is 0 Å². The zero-order valence-corrected chi connectivity index (χ0v) is 15.5. The van der Waals surface area contributed by atoms with E-state index in [0.717, 1.165) is 5.69 Å². The molecule has 0 aliphatic heterocycles. The predicted molar refractivity (Wildman–Crippen MR) is 91.1 cm³/mol. The Balaban J connectivity index is 2.06. The van der Waals surface area contributed by atoms with Gasteiger partial charge in [-0.05, 0) is 33.8 Å². The lowest BCUT2D eigenvalue weighted by Crippen LogP contribution is -2.16. The maximum Gasteiger partial charge on any atom is 0.344 e. The summed E-state index contributed by atoms with van der Waals surface area (Å²) in [5.41, 5.74) is 2.66. The summed E-state index contributed by atoms with van der Waals surface area (Å²) in [6, 6.07) is 1.72. The lowest BCUT2D eigenvalue weighted by Gasteiger charge is -2.09. The molecule has 8 nitrogen and oxygen atoms in total. The third kappa shape index (κ3) is 4.01. The van der Waals surface area contributed by atoms with Crippen molar-refractivity contribution in [2.24, 2.45) is 0 Å². The van der Waals surface area contributed by atoms with Gasteiger partial charge in [0.05, 0.1) is 19.2 Å². The topological polar surface area (TPSA) is 101 Å². The van der Waals surface area contributed by atoms with Gasteiger partial charge in [-0.2, -0.15) is 0 Å². The molecule has 0 spiro atoms. The molecule has 0 atom stereocenters. The summed E-state index contributed by atoms with van der Waals surface area (Å²) in [5.74, 6) is -0.934. The van der Waals surface area contributed by atoms with Crippen LogP contribution in [0.25, 0.3) is 0 Å². The normalized spacial score (nSPS) is 10.7. The van der Waals surface area contributed by atoms with Gasteiger partial charge in [-0.1, -0.05) is 5.16 Å². The molecule has 0 aliphatic carbocycles. The van der Waals surface area contributed by atoms with E-state index in [1.165, 1.54) is 7.11 Å². The maximum atomic E-state index is 12.4. The van der Waals surface area contributed by atoms with Gasteiger partial charge < -0.3 is 18.6 Å². The molecule has 26 heavy (non-hydrogen) atoms. The minimum atomic E-state index is -0.644. The summed E-state index contributed by atoms with van der Waals surface area (Å²) in [7, 11) is 1.33. The molecule has 0 amide bonds. The number of rotatable bonds is 7.